The molecule has 11 nitrogen and oxygen atoms in total. The Bertz CT molecular complexity index is 1580. The van der Waals surface area contributed by atoms with Crippen LogP contribution in [0.4, 0.5) is 37.5 Å². The quantitative estimate of drug-likeness (QED) is 0.289. The number of benzene rings is 2. The third-order valence-electron chi connectivity index (χ3n) is 9.32. The maximum Gasteiger partial charge on any atom is 0.247 e. The van der Waals surface area contributed by atoms with Crippen LogP contribution in [-0.4, -0.2) is 91.2 Å². The van der Waals surface area contributed by atoms with E-state index in [1.165, 1.54) is 23.5 Å². The number of nitrogens with zero attached hydrogens (tertiary/aromatic N) is 6. The monoisotopic (exact) mass is 648 g/mol. The first-order valence-corrected chi connectivity index (χ1v) is 16.2. The number of halogens is 2. The zero-order chi connectivity index (χ0) is 32.9. The van der Waals surface area contributed by atoms with Gasteiger partial charge in [-0.3, -0.25) is 14.5 Å². The molecule has 2 aromatic carbocycles. The standard InChI is InChI=1S/C34H42F2N8O3/c1-4-33(45)40-26-19-27(30(46-3)20-29(26)43-12-9-23(10-13-43)42-16-14-41(5-2)15-17-42)39-31-21-32(38-22-37-31)44-28(11-18-47-44)24-7-6-8-25(35)34(24)36/h4,6-8,19-23,28H,1,5,9-18H2,2-3H3,(H,40,45)(H,37,38,39)/t28-/m1/s1. The van der Waals surface area contributed by atoms with Gasteiger partial charge in [-0.25, -0.2) is 23.8 Å². The van der Waals surface area contributed by atoms with E-state index in [9.17, 15) is 13.6 Å². The fourth-order valence-electron chi connectivity index (χ4n) is 6.73. The summed E-state index contributed by atoms with van der Waals surface area (Å²) >= 11 is 0. The molecule has 0 aliphatic carbocycles. The Labute approximate surface area is 274 Å². The van der Waals surface area contributed by atoms with Gasteiger partial charge in [-0.2, -0.15) is 0 Å². The van der Waals surface area contributed by atoms with Gasteiger partial charge in [0, 0.05) is 69.4 Å². The number of carbonyl (C=O) groups excluding carboxylic acids is 1. The Kier molecular flexibility index (Phi) is 10.1. The summed E-state index contributed by atoms with van der Waals surface area (Å²) in [6.07, 6.45) is 5.14. The number of hydrogen-bond acceptors (Lipinski definition) is 10. The van der Waals surface area contributed by atoms with Crippen LogP contribution in [0.15, 0.2) is 55.4 Å². The van der Waals surface area contributed by atoms with Gasteiger partial charge >= 0.3 is 0 Å². The van der Waals surface area contributed by atoms with Gasteiger partial charge in [-0.05, 0) is 37.6 Å². The van der Waals surface area contributed by atoms with E-state index in [1.54, 1.807) is 19.2 Å². The van der Waals surface area contributed by atoms with Gasteiger partial charge < -0.3 is 25.2 Å². The average molecular weight is 649 g/mol. The van der Waals surface area contributed by atoms with Crippen molar-refractivity contribution in [2.75, 3.05) is 80.1 Å². The van der Waals surface area contributed by atoms with E-state index >= 15 is 0 Å². The maximum absolute atomic E-state index is 14.7. The second-order valence-electron chi connectivity index (χ2n) is 11.9. The highest BCUT2D eigenvalue weighted by Crippen LogP contribution is 2.41. The van der Waals surface area contributed by atoms with Crippen molar-refractivity contribution in [2.24, 2.45) is 0 Å². The van der Waals surface area contributed by atoms with Crippen LogP contribution in [0.2, 0.25) is 0 Å². The number of hydroxylamine groups is 1. The van der Waals surface area contributed by atoms with Crippen LogP contribution in [0.25, 0.3) is 0 Å². The summed E-state index contributed by atoms with van der Waals surface area (Å²) in [5.74, 6) is -0.783. The predicted molar refractivity (Wildman–Crippen MR) is 178 cm³/mol. The minimum Gasteiger partial charge on any atom is -0.494 e. The van der Waals surface area contributed by atoms with Crippen LogP contribution in [0.3, 0.4) is 0 Å². The van der Waals surface area contributed by atoms with Crippen molar-refractivity contribution >= 4 is 34.6 Å². The van der Waals surface area contributed by atoms with Crippen molar-refractivity contribution in [3.63, 3.8) is 0 Å². The number of rotatable bonds is 10. The van der Waals surface area contributed by atoms with Crippen LogP contribution in [0.1, 0.15) is 37.8 Å². The maximum atomic E-state index is 14.7. The lowest BCUT2D eigenvalue weighted by Gasteiger charge is -2.43. The number of piperidine rings is 1. The Morgan fingerprint density at radius 2 is 1.85 bits per heavy atom. The molecule has 1 aromatic heterocycles. The van der Waals surface area contributed by atoms with E-state index in [-0.39, 0.29) is 11.5 Å². The summed E-state index contributed by atoms with van der Waals surface area (Å²) in [4.78, 5) is 34.5. The molecule has 47 heavy (non-hydrogen) atoms. The van der Waals surface area contributed by atoms with Crippen molar-refractivity contribution in [3.05, 3.63) is 72.6 Å². The van der Waals surface area contributed by atoms with Gasteiger partial charge in [0.2, 0.25) is 5.91 Å². The molecule has 0 saturated carbocycles. The minimum atomic E-state index is -0.913. The zero-order valence-corrected chi connectivity index (χ0v) is 26.9. The summed E-state index contributed by atoms with van der Waals surface area (Å²) in [5.41, 5.74) is 2.25. The van der Waals surface area contributed by atoms with E-state index in [4.69, 9.17) is 9.57 Å². The van der Waals surface area contributed by atoms with Crippen LogP contribution in [-0.2, 0) is 9.63 Å². The molecule has 13 heteroatoms. The zero-order valence-electron chi connectivity index (χ0n) is 26.9. The molecule has 0 bridgehead atoms. The highest BCUT2D eigenvalue weighted by molar-refractivity contribution is 6.02. The summed E-state index contributed by atoms with van der Waals surface area (Å²) in [7, 11) is 1.59. The second-order valence-corrected chi connectivity index (χ2v) is 11.9. The van der Waals surface area contributed by atoms with Crippen LogP contribution < -0.4 is 25.3 Å². The molecule has 1 atom stereocenters. The number of anilines is 5. The van der Waals surface area contributed by atoms with Crippen LogP contribution in [0, 0.1) is 11.6 Å². The average Bonchev–Trinajstić information content (AvgIpc) is 3.60. The molecule has 250 valence electrons. The van der Waals surface area contributed by atoms with Crippen molar-refractivity contribution in [1.82, 2.24) is 19.8 Å². The summed E-state index contributed by atoms with van der Waals surface area (Å²) < 4.78 is 34.5. The van der Waals surface area contributed by atoms with Crippen molar-refractivity contribution < 1.29 is 23.1 Å². The second kappa shape index (κ2) is 14.6. The third kappa shape index (κ3) is 7.16. The van der Waals surface area contributed by atoms with Crippen molar-refractivity contribution in [1.29, 1.82) is 0 Å². The van der Waals surface area contributed by atoms with E-state index in [2.05, 4.69) is 48.8 Å². The topological polar surface area (TPSA) is 98.3 Å². The molecular formula is C34H42F2N8O3. The van der Waals surface area contributed by atoms with E-state index in [0.29, 0.717) is 47.8 Å². The molecule has 2 N–H and O–H groups in total. The number of carbonyl (C=O) groups is 1. The molecule has 0 unspecified atom stereocenters. The Morgan fingerprint density at radius 3 is 2.57 bits per heavy atom. The summed E-state index contributed by atoms with van der Waals surface area (Å²) in [6, 6.07) is 9.51. The molecular weight excluding hydrogens is 606 g/mol. The van der Waals surface area contributed by atoms with Crippen LogP contribution >= 0.6 is 0 Å². The lowest BCUT2D eigenvalue weighted by Crippen LogP contribution is -2.53. The van der Waals surface area contributed by atoms with Gasteiger partial charge in [0.1, 0.15) is 17.9 Å². The van der Waals surface area contributed by atoms with Crippen molar-refractivity contribution in [3.8, 4) is 5.75 Å². The first-order chi connectivity index (χ1) is 22.9. The van der Waals surface area contributed by atoms with Crippen molar-refractivity contribution in [2.45, 2.75) is 38.3 Å². The molecule has 1 amide bonds. The fraction of sp³-hybridized carbons (Fsp3) is 0.441. The van der Waals surface area contributed by atoms with Gasteiger partial charge in [0.05, 0.1) is 36.8 Å². The van der Waals surface area contributed by atoms with Gasteiger partial charge in [0.15, 0.2) is 17.5 Å². The SMILES string of the molecule is C=CC(=O)Nc1cc(Nc2cc(N3OCC[C@@H]3c3cccc(F)c3F)ncn2)c(OC)cc1N1CCC(N2CCN(CC)CC2)CC1. The predicted octanol–water partition coefficient (Wildman–Crippen LogP) is 5.12. The number of methoxy groups -OCH3 is 1. The smallest absolute Gasteiger partial charge is 0.247 e. The van der Waals surface area contributed by atoms with Gasteiger partial charge in [-0.15, -0.1) is 0 Å². The third-order valence-corrected chi connectivity index (χ3v) is 9.32. The Hall–Kier alpha value is -4.33. The number of ether oxygens (including phenoxy) is 1. The normalized spacial score (nSPS) is 19.5. The summed E-state index contributed by atoms with van der Waals surface area (Å²) in [5, 5.41) is 7.74. The molecule has 3 saturated heterocycles. The van der Waals surface area contributed by atoms with Gasteiger partial charge in [0.25, 0.3) is 0 Å². The largest absolute Gasteiger partial charge is 0.494 e. The number of amides is 1. The van der Waals surface area contributed by atoms with E-state index in [1.807, 2.05) is 12.1 Å². The molecule has 0 radical (unpaired) electrons. The minimum absolute atomic E-state index is 0.193. The lowest BCUT2D eigenvalue weighted by atomic mass is 10.0. The molecule has 4 heterocycles. The first kappa shape index (κ1) is 32.6. The molecule has 3 aliphatic heterocycles. The Morgan fingerprint density at radius 1 is 1.06 bits per heavy atom. The molecule has 0 spiro atoms. The number of piperazine rings is 1. The number of aromatic nitrogens is 2. The Balaban J connectivity index is 1.22. The number of nitrogens with one attached hydrogen (secondary N) is 2. The van der Waals surface area contributed by atoms with Gasteiger partial charge in [-0.1, -0.05) is 25.6 Å². The molecule has 3 aromatic rings. The molecule has 3 fully saturated rings. The molecule has 6 rings (SSSR count). The highest BCUT2D eigenvalue weighted by atomic mass is 19.2. The molecule has 3 aliphatic rings. The first-order valence-electron chi connectivity index (χ1n) is 16.2. The van der Waals surface area contributed by atoms with E-state index in [0.717, 1.165) is 70.4 Å². The highest BCUT2D eigenvalue weighted by Gasteiger charge is 2.32. The number of hydrogen-bond donors (Lipinski definition) is 2. The lowest BCUT2D eigenvalue weighted by molar-refractivity contribution is -0.111. The fourth-order valence-corrected chi connectivity index (χ4v) is 6.73. The van der Waals surface area contributed by atoms with E-state index < -0.39 is 17.7 Å². The number of likely N-dealkylation sites (N-methyl/N-ethyl adjacent to an activating group) is 1. The van der Waals surface area contributed by atoms with Crippen LogP contribution in [0.5, 0.6) is 5.75 Å². The summed E-state index contributed by atoms with van der Waals surface area (Å²) in [6.45, 7) is 13.4.